The van der Waals surface area contributed by atoms with E-state index in [1.54, 1.807) is 60.7 Å². The zero-order valence-corrected chi connectivity index (χ0v) is 14.7. The summed E-state index contributed by atoms with van der Waals surface area (Å²) in [6, 6.07) is 26.6. The van der Waals surface area contributed by atoms with Gasteiger partial charge in [-0.2, -0.15) is 10.5 Å². The molecule has 0 atom stereocenters. The lowest BCUT2D eigenvalue weighted by Gasteiger charge is -2.15. The number of nitrogens with zero attached hydrogens (tertiary/aromatic N) is 3. The van der Waals surface area contributed by atoms with Crippen LogP contribution in [-0.4, -0.2) is 4.57 Å². The molecule has 0 spiro atoms. The Morgan fingerprint density at radius 1 is 0.786 bits per heavy atom. The summed E-state index contributed by atoms with van der Waals surface area (Å²) in [5.74, 6) is 0.979. The molecule has 0 aliphatic carbocycles. The van der Waals surface area contributed by atoms with E-state index in [0.717, 1.165) is 5.39 Å². The standard InChI is InChI=1S/C23H13N3O2/c24-14-16-4-1-7-19(12-16)26-22(27)11-10-18-6-3-9-21(23(18)26)28-20-8-2-5-17(13-20)15-25/h1-13H. The van der Waals surface area contributed by atoms with Crippen LogP contribution in [0.25, 0.3) is 16.6 Å². The molecule has 0 aliphatic heterocycles. The minimum absolute atomic E-state index is 0.232. The predicted molar refractivity (Wildman–Crippen MR) is 105 cm³/mol. The van der Waals surface area contributed by atoms with Crippen LogP contribution in [0.3, 0.4) is 0 Å². The maximum absolute atomic E-state index is 12.7. The van der Waals surface area contributed by atoms with Gasteiger partial charge >= 0.3 is 0 Å². The van der Waals surface area contributed by atoms with Crippen molar-refractivity contribution >= 4 is 10.9 Å². The molecule has 0 saturated heterocycles. The fourth-order valence-electron chi connectivity index (χ4n) is 3.07. The first-order valence-electron chi connectivity index (χ1n) is 8.53. The molecule has 4 rings (SSSR count). The second-order valence-electron chi connectivity index (χ2n) is 6.10. The minimum atomic E-state index is -0.232. The van der Waals surface area contributed by atoms with E-state index < -0.39 is 0 Å². The summed E-state index contributed by atoms with van der Waals surface area (Å²) < 4.78 is 7.56. The number of nitriles is 2. The molecule has 0 N–H and O–H groups in total. The van der Waals surface area contributed by atoms with Gasteiger partial charge in [0.2, 0.25) is 0 Å². The molecule has 0 amide bonds. The number of rotatable bonds is 3. The van der Waals surface area contributed by atoms with Crippen molar-refractivity contribution in [2.24, 2.45) is 0 Å². The van der Waals surface area contributed by atoms with Gasteiger partial charge in [-0.3, -0.25) is 9.36 Å². The van der Waals surface area contributed by atoms with Crippen molar-refractivity contribution in [3.05, 3.63) is 100 Å². The summed E-state index contributed by atoms with van der Waals surface area (Å²) >= 11 is 0. The molecule has 5 nitrogen and oxygen atoms in total. The summed E-state index contributed by atoms with van der Waals surface area (Å²) in [4.78, 5) is 12.7. The third kappa shape index (κ3) is 3.09. The second-order valence-corrected chi connectivity index (χ2v) is 6.10. The van der Waals surface area contributed by atoms with Crippen LogP contribution in [0.2, 0.25) is 0 Å². The summed E-state index contributed by atoms with van der Waals surface area (Å²) in [5.41, 5.74) is 1.88. The lowest BCUT2D eigenvalue weighted by atomic mass is 10.1. The predicted octanol–water partition coefficient (Wildman–Crippen LogP) is 4.53. The van der Waals surface area contributed by atoms with Gasteiger partial charge in [0, 0.05) is 11.5 Å². The molecule has 4 aromatic rings. The van der Waals surface area contributed by atoms with Crippen LogP contribution in [-0.2, 0) is 0 Å². The summed E-state index contributed by atoms with van der Waals surface area (Å²) in [7, 11) is 0. The van der Waals surface area contributed by atoms with E-state index >= 15 is 0 Å². The molecule has 5 heteroatoms. The van der Waals surface area contributed by atoms with Crippen molar-refractivity contribution in [1.82, 2.24) is 4.57 Å². The van der Waals surface area contributed by atoms with Crippen molar-refractivity contribution in [3.63, 3.8) is 0 Å². The number of pyridine rings is 1. The van der Waals surface area contributed by atoms with E-state index in [2.05, 4.69) is 12.1 Å². The van der Waals surface area contributed by atoms with Crippen LogP contribution < -0.4 is 10.3 Å². The SMILES string of the molecule is N#Cc1cccc(Oc2cccc3ccc(=O)n(-c4cccc(C#N)c4)c23)c1. The highest BCUT2D eigenvalue weighted by molar-refractivity contribution is 5.86. The Balaban J connectivity index is 1.96. The molecular weight excluding hydrogens is 350 g/mol. The van der Waals surface area contributed by atoms with Gasteiger partial charge in [-0.15, -0.1) is 0 Å². The third-order valence-corrected chi connectivity index (χ3v) is 4.30. The van der Waals surface area contributed by atoms with Crippen LogP contribution in [0.5, 0.6) is 11.5 Å². The van der Waals surface area contributed by atoms with E-state index in [0.29, 0.717) is 33.8 Å². The van der Waals surface area contributed by atoms with Crippen molar-refractivity contribution in [3.8, 4) is 29.3 Å². The van der Waals surface area contributed by atoms with Gasteiger partial charge in [0.25, 0.3) is 5.56 Å². The van der Waals surface area contributed by atoms with E-state index in [1.165, 1.54) is 10.6 Å². The van der Waals surface area contributed by atoms with Gasteiger partial charge in [0.1, 0.15) is 5.75 Å². The topological polar surface area (TPSA) is 78.8 Å². The molecule has 1 heterocycles. The normalized spacial score (nSPS) is 10.2. The lowest BCUT2D eigenvalue weighted by molar-refractivity contribution is 0.486. The molecule has 0 fully saturated rings. The Hall–Kier alpha value is -4.35. The van der Waals surface area contributed by atoms with Crippen molar-refractivity contribution in [1.29, 1.82) is 10.5 Å². The van der Waals surface area contributed by atoms with E-state index in [9.17, 15) is 10.1 Å². The van der Waals surface area contributed by atoms with Crippen LogP contribution >= 0.6 is 0 Å². The Morgan fingerprint density at radius 2 is 1.50 bits per heavy atom. The monoisotopic (exact) mass is 363 g/mol. The maximum atomic E-state index is 12.7. The zero-order chi connectivity index (χ0) is 19.5. The largest absolute Gasteiger partial charge is 0.455 e. The second kappa shape index (κ2) is 7.11. The highest BCUT2D eigenvalue weighted by Gasteiger charge is 2.12. The third-order valence-electron chi connectivity index (χ3n) is 4.30. The molecule has 0 radical (unpaired) electrons. The highest BCUT2D eigenvalue weighted by Crippen LogP contribution is 2.31. The number of benzene rings is 3. The first kappa shape index (κ1) is 17.1. The lowest BCUT2D eigenvalue weighted by Crippen LogP contribution is -2.17. The van der Waals surface area contributed by atoms with Gasteiger partial charge in [-0.05, 0) is 48.5 Å². The maximum Gasteiger partial charge on any atom is 0.255 e. The number of ether oxygens (including phenoxy) is 1. The number of fused-ring (bicyclic) bond motifs is 1. The average molecular weight is 363 g/mol. The summed E-state index contributed by atoms with van der Waals surface area (Å²) in [5, 5.41) is 19.1. The smallest absolute Gasteiger partial charge is 0.255 e. The molecular formula is C23H13N3O2. The molecule has 0 aliphatic rings. The van der Waals surface area contributed by atoms with E-state index in [1.807, 2.05) is 12.1 Å². The number of para-hydroxylation sites is 1. The fraction of sp³-hybridized carbons (Fsp3) is 0. The van der Waals surface area contributed by atoms with Gasteiger partial charge in [-0.1, -0.05) is 24.3 Å². The number of hydrogen-bond donors (Lipinski definition) is 0. The molecule has 1 aromatic heterocycles. The van der Waals surface area contributed by atoms with Crippen molar-refractivity contribution in [2.45, 2.75) is 0 Å². The molecule has 132 valence electrons. The van der Waals surface area contributed by atoms with E-state index in [-0.39, 0.29) is 5.56 Å². The Labute approximate surface area is 160 Å². The average Bonchev–Trinajstić information content (AvgIpc) is 2.74. The number of aromatic nitrogens is 1. The minimum Gasteiger partial charge on any atom is -0.455 e. The quantitative estimate of drug-likeness (QED) is 0.536. The molecule has 0 saturated carbocycles. The van der Waals surface area contributed by atoms with Gasteiger partial charge in [0.05, 0.1) is 34.5 Å². The van der Waals surface area contributed by atoms with Crippen LogP contribution in [0.4, 0.5) is 0 Å². The van der Waals surface area contributed by atoms with Gasteiger partial charge in [-0.25, -0.2) is 0 Å². The Morgan fingerprint density at radius 3 is 2.29 bits per heavy atom. The highest BCUT2D eigenvalue weighted by atomic mass is 16.5. The van der Waals surface area contributed by atoms with Gasteiger partial charge < -0.3 is 4.74 Å². The first-order chi connectivity index (χ1) is 13.7. The van der Waals surface area contributed by atoms with E-state index in [4.69, 9.17) is 10.00 Å². The molecule has 28 heavy (non-hydrogen) atoms. The summed E-state index contributed by atoms with van der Waals surface area (Å²) in [6.07, 6.45) is 0. The molecule has 3 aromatic carbocycles. The zero-order valence-electron chi connectivity index (χ0n) is 14.7. The van der Waals surface area contributed by atoms with Crippen LogP contribution in [0.1, 0.15) is 11.1 Å². The molecule has 0 bridgehead atoms. The Bertz CT molecular complexity index is 1340. The first-order valence-corrected chi connectivity index (χ1v) is 8.53. The number of hydrogen-bond acceptors (Lipinski definition) is 4. The van der Waals surface area contributed by atoms with Crippen LogP contribution in [0, 0.1) is 22.7 Å². The van der Waals surface area contributed by atoms with Crippen molar-refractivity contribution < 1.29 is 4.74 Å². The fourth-order valence-corrected chi connectivity index (χ4v) is 3.07. The summed E-state index contributed by atoms with van der Waals surface area (Å²) in [6.45, 7) is 0. The Kier molecular flexibility index (Phi) is 4.34. The van der Waals surface area contributed by atoms with Crippen LogP contribution in [0.15, 0.2) is 83.7 Å². The van der Waals surface area contributed by atoms with Gasteiger partial charge in [0.15, 0.2) is 5.75 Å². The molecule has 0 unspecified atom stereocenters. The van der Waals surface area contributed by atoms with Crippen molar-refractivity contribution in [2.75, 3.05) is 0 Å².